The third kappa shape index (κ3) is 4.31. The Labute approximate surface area is 131 Å². The molecule has 5 nitrogen and oxygen atoms in total. The summed E-state index contributed by atoms with van der Waals surface area (Å²) in [6, 6.07) is 7.43. The molecule has 1 aliphatic heterocycles. The fraction of sp³-hybridized carbons (Fsp3) is 0.529. The lowest BCUT2D eigenvalue weighted by atomic mass is 9.97. The first-order valence-electron chi connectivity index (χ1n) is 7.70. The molecule has 1 atom stereocenters. The summed E-state index contributed by atoms with van der Waals surface area (Å²) in [5.74, 6) is -0.474. The summed E-state index contributed by atoms with van der Waals surface area (Å²) in [6.07, 6.45) is 1.87. The second-order valence-electron chi connectivity index (χ2n) is 5.52. The van der Waals surface area contributed by atoms with Crippen molar-refractivity contribution < 1.29 is 19.1 Å². The number of carbonyl (C=O) groups excluding carboxylic acids is 2. The van der Waals surface area contributed by atoms with Crippen molar-refractivity contribution in [3.05, 3.63) is 35.4 Å². The first-order valence-corrected chi connectivity index (χ1v) is 7.70. The van der Waals surface area contributed by atoms with Gasteiger partial charge in [0, 0.05) is 13.1 Å². The number of likely N-dealkylation sites (tertiary alicyclic amines) is 1. The molecule has 1 heterocycles. The minimum absolute atomic E-state index is 0.0440. The summed E-state index contributed by atoms with van der Waals surface area (Å²) in [5, 5.41) is 0. The van der Waals surface area contributed by atoms with E-state index in [0.29, 0.717) is 18.7 Å². The molecule has 1 aromatic carbocycles. The fourth-order valence-electron chi connectivity index (χ4n) is 2.82. The molecular weight excluding hydrogens is 282 g/mol. The van der Waals surface area contributed by atoms with E-state index in [1.165, 1.54) is 7.11 Å². The molecule has 0 bridgehead atoms. The number of nitrogens with zero attached hydrogens (tertiary/aromatic N) is 1. The maximum atomic E-state index is 11.9. The molecule has 1 unspecified atom stereocenters. The number of hydrogen-bond donors (Lipinski definition) is 0. The van der Waals surface area contributed by atoms with E-state index >= 15 is 0 Å². The van der Waals surface area contributed by atoms with Gasteiger partial charge in [0.1, 0.15) is 0 Å². The van der Waals surface area contributed by atoms with E-state index in [0.717, 1.165) is 31.5 Å². The zero-order chi connectivity index (χ0) is 15.9. The van der Waals surface area contributed by atoms with Crippen LogP contribution in [-0.4, -0.2) is 43.6 Å². The Kier molecular flexibility index (Phi) is 5.95. The van der Waals surface area contributed by atoms with Crippen LogP contribution in [0.3, 0.4) is 0 Å². The van der Waals surface area contributed by atoms with Crippen molar-refractivity contribution in [1.82, 2.24) is 4.90 Å². The van der Waals surface area contributed by atoms with Gasteiger partial charge in [0.15, 0.2) is 0 Å². The maximum Gasteiger partial charge on any atom is 0.337 e. The van der Waals surface area contributed by atoms with Crippen LogP contribution in [0.5, 0.6) is 0 Å². The Morgan fingerprint density at radius 1 is 1.36 bits per heavy atom. The molecular formula is C17H23NO4. The molecule has 0 aliphatic carbocycles. The van der Waals surface area contributed by atoms with E-state index < -0.39 is 0 Å². The Morgan fingerprint density at radius 3 is 2.91 bits per heavy atom. The van der Waals surface area contributed by atoms with Gasteiger partial charge in [-0.2, -0.15) is 0 Å². The van der Waals surface area contributed by atoms with Gasteiger partial charge in [-0.3, -0.25) is 9.69 Å². The minimum Gasteiger partial charge on any atom is -0.466 e. The molecule has 1 aliphatic rings. The average Bonchev–Trinajstić information content (AvgIpc) is 2.55. The monoisotopic (exact) mass is 305 g/mol. The SMILES string of the molecule is CCOC(=O)C1CCCN(Cc2cccc(C(=O)OC)c2)C1. The highest BCUT2D eigenvalue weighted by Crippen LogP contribution is 2.20. The van der Waals surface area contributed by atoms with Crippen LogP contribution in [0.4, 0.5) is 0 Å². The molecule has 1 fully saturated rings. The van der Waals surface area contributed by atoms with Gasteiger partial charge in [-0.25, -0.2) is 4.79 Å². The molecule has 1 aromatic rings. The van der Waals surface area contributed by atoms with Crippen molar-refractivity contribution in [3.63, 3.8) is 0 Å². The summed E-state index contributed by atoms with van der Waals surface area (Å²) in [6.45, 7) is 4.65. The van der Waals surface area contributed by atoms with E-state index in [1.54, 1.807) is 6.07 Å². The zero-order valence-corrected chi connectivity index (χ0v) is 13.2. The van der Waals surface area contributed by atoms with E-state index in [2.05, 4.69) is 4.90 Å². The van der Waals surface area contributed by atoms with Crippen LogP contribution in [0.1, 0.15) is 35.7 Å². The second-order valence-corrected chi connectivity index (χ2v) is 5.52. The average molecular weight is 305 g/mol. The van der Waals surface area contributed by atoms with Crippen LogP contribution < -0.4 is 0 Å². The summed E-state index contributed by atoms with van der Waals surface area (Å²) < 4.78 is 9.86. The lowest BCUT2D eigenvalue weighted by molar-refractivity contribution is -0.150. The molecule has 0 saturated carbocycles. The van der Waals surface area contributed by atoms with E-state index in [1.807, 2.05) is 25.1 Å². The van der Waals surface area contributed by atoms with E-state index in [9.17, 15) is 9.59 Å². The number of benzene rings is 1. The van der Waals surface area contributed by atoms with Gasteiger partial charge in [-0.15, -0.1) is 0 Å². The van der Waals surface area contributed by atoms with E-state index in [-0.39, 0.29) is 17.9 Å². The van der Waals surface area contributed by atoms with Crippen LogP contribution in [0.2, 0.25) is 0 Å². The molecule has 0 amide bonds. The lowest BCUT2D eigenvalue weighted by Crippen LogP contribution is -2.38. The standard InChI is InChI=1S/C17H23NO4/c1-3-22-17(20)15-8-5-9-18(12-15)11-13-6-4-7-14(10-13)16(19)21-2/h4,6-7,10,15H,3,5,8-9,11-12H2,1-2H3. The van der Waals surface area contributed by atoms with Crippen molar-refractivity contribution in [2.45, 2.75) is 26.3 Å². The number of piperidine rings is 1. The second kappa shape index (κ2) is 7.94. The normalized spacial score (nSPS) is 18.7. The summed E-state index contributed by atoms with van der Waals surface area (Å²) in [5.41, 5.74) is 1.60. The molecule has 0 aromatic heterocycles. The quantitative estimate of drug-likeness (QED) is 0.781. The highest BCUT2D eigenvalue weighted by Gasteiger charge is 2.26. The first kappa shape index (κ1) is 16.5. The van der Waals surface area contributed by atoms with Crippen LogP contribution >= 0.6 is 0 Å². The van der Waals surface area contributed by atoms with Gasteiger partial charge in [0.05, 0.1) is 25.2 Å². The van der Waals surface area contributed by atoms with Crippen LogP contribution in [-0.2, 0) is 20.8 Å². The number of methoxy groups -OCH3 is 1. The zero-order valence-electron chi connectivity index (χ0n) is 13.2. The Morgan fingerprint density at radius 2 is 2.18 bits per heavy atom. The van der Waals surface area contributed by atoms with E-state index in [4.69, 9.17) is 9.47 Å². The Hall–Kier alpha value is -1.88. The Bertz CT molecular complexity index is 529. The number of carbonyl (C=O) groups is 2. The van der Waals surface area contributed by atoms with Crippen molar-refractivity contribution in [2.24, 2.45) is 5.92 Å². The molecule has 0 radical (unpaired) electrons. The maximum absolute atomic E-state index is 11.9. The number of esters is 2. The van der Waals surface area contributed by atoms with Crippen LogP contribution in [0, 0.1) is 5.92 Å². The summed E-state index contributed by atoms with van der Waals surface area (Å²) in [7, 11) is 1.38. The number of ether oxygens (including phenoxy) is 2. The highest BCUT2D eigenvalue weighted by molar-refractivity contribution is 5.89. The van der Waals surface area contributed by atoms with Gasteiger partial charge >= 0.3 is 11.9 Å². The molecule has 120 valence electrons. The number of hydrogen-bond acceptors (Lipinski definition) is 5. The smallest absolute Gasteiger partial charge is 0.337 e. The van der Waals surface area contributed by atoms with Crippen LogP contribution in [0.15, 0.2) is 24.3 Å². The van der Waals surface area contributed by atoms with Crippen LogP contribution in [0.25, 0.3) is 0 Å². The third-order valence-corrected chi connectivity index (χ3v) is 3.88. The molecule has 1 saturated heterocycles. The lowest BCUT2D eigenvalue weighted by Gasteiger charge is -2.31. The van der Waals surface area contributed by atoms with Crippen molar-refractivity contribution >= 4 is 11.9 Å². The van der Waals surface area contributed by atoms with Crippen molar-refractivity contribution in [2.75, 3.05) is 26.8 Å². The summed E-state index contributed by atoms with van der Waals surface area (Å²) in [4.78, 5) is 25.7. The predicted octanol–water partition coefficient (Wildman–Crippen LogP) is 2.25. The van der Waals surface area contributed by atoms with Gasteiger partial charge < -0.3 is 9.47 Å². The molecule has 0 N–H and O–H groups in total. The molecule has 2 rings (SSSR count). The van der Waals surface area contributed by atoms with Crippen molar-refractivity contribution in [3.8, 4) is 0 Å². The summed E-state index contributed by atoms with van der Waals surface area (Å²) >= 11 is 0. The topological polar surface area (TPSA) is 55.8 Å². The van der Waals surface area contributed by atoms with Gasteiger partial charge in [0.2, 0.25) is 0 Å². The molecule has 5 heteroatoms. The Balaban J connectivity index is 1.98. The first-order chi connectivity index (χ1) is 10.6. The largest absolute Gasteiger partial charge is 0.466 e. The number of rotatable bonds is 5. The molecule has 22 heavy (non-hydrogen) atoms. The van der Waals surface area contributed by atoms with Gasteiger partial charge in [0.25, 0.3) is 0 Å². The highest BCUT2D eigenvalue weighted by atomic mass is 16.5. The van der Waals surface area contributed by atoms with Gasteiger partial charge in [-0.05, 0) is 44.0 Å². The van der Waals surface area contributed by atoms with Gasteiger partial charge in [-0.1, -0.05) is 12.1 Å². The predicted molar refractivity (Wildman–Crippen MR) is 82.4 cm³/mol. The minimum atomic E-state index is -0.329. The third-order valence-electron chi connectivity index (χ3n) is 3.88. The molecule has 0 spiro atoms. The van der Waals surface area contributed by atoms with Crippen molar-refractivity contribution in [1.29, 1.82) is 0 Å². The fourth-order valence-corrected chi connectivity index (χ4v) is 2.82.